The topological polar surface area (TPSA) is 58.4 Å². The van der Waals surface area contributed by atoms with Crippen molar-refractivity contribution < 1.29 is 9.32 Å². The Labute approximate surface area is 167 Å². The van der Waals surface area contributed by atoms with Gasteiger partial charge in [0, 0.05) is 28.2 Å². The first-order valence-corrected chi connectivity index (χ1v) is 9.12. The van der Waals surface area contributed by atoms with E-state index >= 15 is 0 Å². The van der Waals surface area contributed by atoms with Crippen LogP contribution < -0.4 is 5.32 Å². The van der Waals surface area contributed by atoms with Gasteiger partial charge in [-0.1, -0.05) is 40.5 Å². The Kier molecular flexibility index (Phi) is 6.16. The van der Waals surface area contributed by atoms with Gasteiger partial charge in [-0.15, -0.1) is 0 Å². The van der Waals surface area contributed by atoms with Gasteiger partial charge in [-0.3, -0.25) is 4.79 Å². The van der Waals surface area contributed by atoms with Crippen molar-refractivity contribution in [2.45, 2.75) is 6.04 Å². The van der Waals surface area contributed by atoms with E-state index < -0.39 is 0 Å². The van der Waals surface area contributed by atoms with Crippen molar-refractivity contribution in [2.24, 2.45) is 0 Å². The molecule has 27 heavy (non-hydrogen) atoms. The molecule has 3 aromatic rings. The molecule has 1 unspecified atom stereocenters. The highest BCUT2D eigenvalue weighted by Crippen LogP contribution is 2.23. The Balaban J connectivity index is 1.67. The molecule has 0 aliphatic rings. The first-order chi connectivity index (χ1) is 12.9. The SMILES string of the molecule is CN(C)C(CNC(=O)c1cc(-c2ccc(Cl)cc2)on1)c1ccc(Cl)cc1. The van der Waals surface area contributed by atoms with E-state index in [4.69, 9.17) is 27.7 Å². The van der Waals surface area contributed by atoms with Crippen LogP contribution in [0.25, 0.3) is 11.3 Å². The van der Waals surface area contributed by atoms with Crippen LogP contribution in [-0.4, -0.2) is 36.6 Å². The third-order valence-electron chi connectivity index (χ3n) is 4.21. The Bertz CT molecular complexity index is 906. The first-order valence-electron chi connectivity index (χ1n) is 8.37. The maximum atomic E-state index is 12.5. The Morgan fingerprint density at radius 3 is 2.26 bits per heavy atom. The second kappa shape index (κ2) is 8.57. The standard InChI is InChI=1S/C20H19Cl2N3O2/c1-25(2)18(13-3-7-15(21)8-4-13)12-23-20(26)17-11-19(27-24-17)14-5-9-16(22)10-6-14/h3-11,18H,12H2,1-2H3,(H,23,26). The zero-order valence-corrected chi connectivity index (χ0v) is 16.5. The van der Waals surface area contributed by atoms with Gasteiger partial charge < -0.3 is 14.7 Å². The molecule has 3 rings (SSSR count). The minimum Gasteiger partial charge on any atom is -0.355 e. The molecular formula is C20H19Cl2N3O2. The molecule has 0 aliphatic heterocycles. The van der Waals surface area contributed by atoms with Crippen LogP contribution >= 0.6 is 23.2 Å². The fourth-order valence-corrected chi connectivity index (χ4v) is 2.95. The van der Waals surface area contributed by atoms with Crippen molar-refractivity contribution in [2.75, 3.05) is 20.6 Å². The van der Waals surface area contributed by atoms with Crippen LogP contribution in [0.3, 0.4) is 0 Å². The lowest BCUT2D eigenvalue weighted by atomic mass is 10.1. The number of nitrogens with zero attached hydrogens (tertiary/aromatic N) is 2. The number of hydrogen-bond donors (Lipinski definition) is 1. The molecule has 0 spiro atoms. The van der Waals surface area contributed by atoms with Crippen LogP contribution in [0.1, 0.15) is 22.1 Å². The lowest BCUT2D eigenvalue weighted by Crippen LogP contribution is -2.34. The van der Waals surface area contributed by atoms with Crippen molar-refractivity contribution in [3.8, 4) is 11.3 Å². The molecular weight excluding hydrogens is 385 g/mol. The number of benzene rings is 2. The molecule has 1 N–H and O–H groups in total. The zero-order valence-electron chi connectivity index (χ0n) is 14.9. The monoisotopic (exact) mass is 403 g/mol. The average molecular weight is 404 g/mol. The van der Waals surface area contributed by atoms with E-state index in [1.165, 1.54) is 0 Å². The minimum atomic E-state index is -0.292. The second-order valence-electron chi connectivity index (χ2n) is 6.32. The lowest BCUT2D eigenvalue weighted by Gasteiger charge is -2.25. The number of carbonyl (C=O) groups excluding carboxylic acids is 1. The van der Waals surface area contributed by atoms with Gasteiger partial charge in [0.15, 0.2) is 11.5 Å². The first kappa shape index (κ1) is 19.4. The van der Waals surface area contributed by atoms with Crippen molar-refractivity contribution in [1.82, 2.24) is 15.4 Å². The summed E-state index contributed by atoms with van der Waals surface area (Å²) in [5.41, 5.74) is 2.10. The van der Waals surface area contributed by atoms with Crippen LogP contribution in [0.4, 0.5) is 0 Å². The van der Waals surface area contributed by atoms with Gasteiger partial charge in [-0.25, -0.2) is 0 Å². The molecule has 1 heterocycles. The van der Waals surface area contributed by atoms with Gasteiger partial charge in [0.2, 0.25) is 0 Å². The van der Waals surface area contributed by atoms with Gasteiger partial charge in [-0.05, 0) is 56.1 Å². The van der Waals surface area contributed by atoms with Gasteiger partial charge >= 0.3 is 0 Å². The van der Waals surface area contributed by atoms with E-state index in [-0.39, 0.29) is 17.6 Å². The Morgan fingerprint density at radius 2 is 1.67 bits per heavy atom. The second-order valence-corrected chi connectivity index (χ2v) is 7.20. The summed E-state index contributed by atoms with van der Waals surface area (Å²) >= 11 is 11.8. The average Bonchev–Trinajstić information content (AvgIpc) is 3.14. The molecule has 140 valence electrons. The summed E-state index contributed by atoms with van der Waals surface area (Å²) in [6, 6.07) is 16.3. The number of rotatable bonds is 6. The summed E-state index contributed by atoms with van der Waals surface area (Å²) < 4.78 is 5.28. The molecule has 1 atom stereocenters. The summed E-state index contributed by atoms with van der Waals surface area (Å²) in [6.45, 7) is 0.427. The molecule has 7 heteroatoms. The van der Waals surface area contributed by atoms with Gasteiger partial charge in [0.25, 0.3) is 5.91 Å². The highest BCUT2D eigenvalue weighted by Gasteiger charge is 2.18. The highest BCUT2D eigenvalue weighted by atomic mass is 35.5. The van der Waals surface area contributed by atoms with E-state index in [0.29, 0.717) is 22.4 Å². The third kappa shape index (κ3) is 4.89. The predicted octanol–water partition coefficient (Wildman–Crippen LogP) is 4.68. The quantitative estimate of drug-likeness (QED) is 0.648. The summed E-state index contributed by atoms with van der Waals surface area (Å²) in [7, 11) is 3.92. The van der Waals surface area contributed by atoms with E-state index in [9.17, 15) is 4.79 Å². The molecule has 2 aromatic carbocycles. The molecule has 5 nitrogen and oxygen atoms in total. The minimum absolute atomic E-state index is 0.00820. The van der Waals surface area contributed by atoms with Gasteiger partial charge in [0.05, 0.1) is 6.04 Å². The molecule has 0 radical (unpaired) electrons. The van der Waals surface area contributed by atoms with Crippen molar-refractivity contribution in [3.63, 3.8) is 0 Å². The van der Waals surface area contributed by atoms with E-state index in [2.05, 4.69) is 10.5 Å². The molecule has 0 saturated heterocycles. The number of aromatic nitrogens is 1. The van der Waals surface area contributed by atoms with Gasteiger partial charge in [-0.2, -0.15) is 0 Å². The fourth-order valence-electron chi connectivity index (χ4n) is 2.70. The van der Waals surface area contributed by atoms with Crippen molar-refractivity contribution in [1.29, 1.82) is 0 Å². The number of amides is 1. The number of hydrogen-bond acceptors (Lipinski definition) is 4. The summed E-state index contributed by atoms with van der Waals surface area (Å²) in [6.07, 6.45) is 0. The smallest absolute Gasteiger partial charge is 0.273 e. The Hall–Kier alpha value is -2.34. The molecule has 0 aliphatic carbocycles. The normalized spacial score (nSPS) is 12.2. The van der Waals surface area contributed by atoms with Gasteiger partial charge in [0.1, 0.15) is 0 Å². The van der Waals surface area contributed by atoms with Crippen LogP contribution in [0.2, 0.25) is 10.0 Å². The van der Waals surface area contributed by atoms with E-state index in [1.54, 1.807) is 18.2 Å². The highest BCUT2D eigenvalue weighted by molar-refractivity contribution is 6.30. The lowest BCUT2D eigenvalue weighted by molar-refractivity contribution is 0.0933. The summed E-state index contributed by atoms with van der Waals surface area (Å²) in [5.74, 6) is 0.221. The zero-order chi connectivity index (χ0) is 19.4. The van der Waals surface area contributed by atoms with Crippen molar-refractivity contribution in [3.05, 3.63) is 75.9 Å². The Morgan fingerprint density at radius 1 is 1.07 bits per heavy atom. The van der Waals surface area contributed by atoms with Crippen molar-refractivity contribution >= 4 is 29.1 Å². The number of likely N-dealkylation sites (N-methyl/N-ethyl adjacent to an activating group) is 1. The van der Waals surface area contributed by atoms with Crippen LogP contribution in [-0.2, 0) is 0 Å². The maximum absolute atomic E-state index is 12.5. The maximum Gasteiger partial charge on any atom is 0.273 e. The fraction of sp³-hybridized carbons (Fsp3) is 0.200. The molecule has 1 aromatic heterocycles. The van der Waals surface area contributed by atoms with E-state index in [1.807, 2.05) is 55.4 Å². The number of halogens is 2. The molecule has 0 fully saturated rings. The van der Waals surface area contributed by atoms with Crippen LogP contribution in [0, 0.1) is 0 Å². The largest absolute Gasteiger partial charge is 0.355 e. The van der Waals surface area contributed by atoms with Crippen LogP contribution in [0.15, 0.2) is 59.1 Å². The number of carbonyl (C=O) groups is 1. The predicted molar refractivity (Wildman–Crippen MR) is 107 cm³/mol. The molecule has 1 amide bonds. The summed E-state index contributed by atoms with van der Waals surface area (Å²) in [5, 5.41) is 8.09. The van der Waals surface area contributed by atoms with Crippen LogP contribution in [0.5, 0.6) is 0 Å². The van der Waals surface area contributed by atoms with E-state index in [0.717, 1.165) is 11.1 Å². The molecule has 0 bridgehead atoms. The molecule has 0 saturated carbocycles. The third-order valence-corrected chi connectivity index (χ3v) is 4.71. The summed E-state index contributed by atoms with van der Waals surface area (Å²) in [4.78, 5) is 14.5. The number of nitrogens with one attached hydrogen (secondary N) is 1.